The average Bonchev–Trinajstić information content (AvgIpc) is 2.64. The van der Waals surface area contributed by atoms with E-state index in [0.29, 0.717) is 32.3 Å². The molecule has 0 spiro atoms. The molecule has 0 atom stereocenters. The van der Waals surface area contributed by atoms with E-state index in [1.165, 1.54) is 24.5 Å². The SMILES string of the molecule is CCOc1ccc(S(=O)(=O)Nc2cnc(N3CCOCC3)nc2)cc1F. The Bertz CT molecular complexity index is 855. The van der Waals surface area contributed by atoms with Gasteiger partial charge < -0.3 is 14.4 Å². The fourth-order valence-electron chi connectivity index (χ4n) is 2.44. The largest absolute Gasteiger partial charge is 0.491 e. The summed E-state index contributed by atoms with van der Waals surface area (Å²) in [6.07, 6.45) is 2.75. The molecule has 0 aliphatic carbocycles. The fourth-order valence-corrected chi connectivity index (χ4v) is 3.48. The lowest BCUT2D eigenvalue weighted by Crippen LogP contribution is -2.37. The molecule has 0 unspecified atom stereocenters. The van der Waals surface area contributed by atoms with Crippen molar-refractivity contribution in [2.24, 2.45) is 0 Å². The molecule has 8 nitrogen and oxygen atoms in total. The topological polar surface area (TPSA) is 93.7 Å². The quantitative estimate of drug-likeness (QED) is 0.812. The third-order valence-corrected chi connectivity index (χ3v) is 5.08. The van der Waals surface area contributed by atoms with Gasteiger partial charge in [0.15, 0.2) is 11.6 Å². The lowest BCUT2D eigenvalue weighted by Gasteiger charge is -2.26. The molecule has 0 radical (unpaired) electrons. The number of hydrogen-bond donors (Lipinski definition) is 1. The van der Waals surface area contributed by atoms with E-state index in [2.05, 4.69) is 14.7 Å². The Labute approximate surface area is 151 Å². The van der Waals surface area contributed by atoms with Gasteiger partial charge in [0.2, 0.25) is 5.95 Å². The van der Waals surface area contributed by atoms with Crippen molar-refractivity contribution in [3.63, 3.8) is 0 Å². The molecule has 10 heteroatoms. The van der Waals surface area contributed by atoms with Crippen molar-refractivity contribution in [3.05, 3.63) is 36.4 Å². The Balaban J connectivity index is 1.73. The van der Waals surface area contributed by atoms with Crippen LogP contribution in [0.4, 0.5) is 16.0 Å². The van der Waals surface area contributed by atoms with E-state index in [1.807, 2.05) is 4.90 Å². The summed E-state index contributed by atoms with van der Waals surface area (Å²) in [5, 5.41) is 0. The lowest BCUT2D eigenvalue weighted by molar-refractivity contribution is 0.122. The van der Waals surface area contributed by atoms with Crippen LogP contribution in [-0.4, -0.2) is 51.3 Å². The van der Waals surface area contributed by atoms with Gasteiger partial charge in [-0.3, -0.25) is 4.72 Å². The number of halogens is 1. The van der Waals surface area contributed by atoms with Gasteiger partial charge in [0.05, 0.1) is 42.8 Å². The fraction of sp³-hybridized carbons (Fsp3) is 0.375. The van der Waals surface area contributed by atoms with Crippen LogP contribution in [-0.2, 0) is 14.8 Å². The Kier molecular flexibility index (Phi) is 5.52. The van der Waals surface area contributed by atoms with Crippen molar-refractivity contribution in [3.8, 4) is 5.75 Å². The van der Waals surface area contributed by atoms with E-state index >= 15 is 0 Å². The van der Waals surface area contributed by atoms with Gasteiger partial charge in [-0.2, -0.15) is 0 Å². The molecule has 1 saturated heterocycles. The number of hydrogen-bond acceptors (Lipinski definition) is 7. The summed E-state index contributed by atoms with van der Waals surface area (Å²) in [6.45, 7) is 4.55. The van der Waals surface area contributed by atoms with Crippen LogP contribution in [0.5, 0.6) is 5.75 Å². The lowest BCUT2D eigenvalue weighted by atomic mass is 10.3. The van der Waals surface area contributed by atoms with E-state index < -0.39 is 15.8 Å². The summed E-state index contributed by atoms with van der Waals surface area (Å²) in [4.78, 5) is 10.1. The van der Waals surface area contributed by atoms with Crippen LogP contribution in [0.25, 0.3) is 0 Å². The number of ether oxygens (including phenoxy) is 2. The number of nitrogens with one attached hydrogen (secondary N) is 1. The third-order valence-electron chi connectivity index (χ3n) is 3.70. The maximum absolute atomic E-state index is 13.9. The van der Waals surface area contributed by atoms with Gasteiger partial charge in [0, 0.05) is 13.1 Å². The van der Waals surface area contributed by atoms with Crippen LogP contribution in [0.3, 0.4) is 0 Å². The zero-order valence-electron chi connectivity index (χ0n) is 14.2. The Hall–Kier alpha value is -2.46. The molecule has 1 aromatic heterocycles. The summed E-state index contributed by atoms with van der Waals surface area (Å²) < 4.78 is 51.4. The zero-order chi connectivity index (χ0) is 18.6. The first-order valence-electron chi connectivity index (χ1n) is 8.09. The standard InChI is InChI=1S/C16H19FN4O4S/c1-2-25-15-4-3-13(9-14(15)17)26(22,23)20-12-10-18-16(19-11-12)21-5-7-24-8-6-21/h3-4,9-11,20H,2,5-8H2,1H3. The molecule has 3 rings (SSSR count). The Morgan fingerprint density at radius 1 is 1.27 bits per heavy atom. The van der Waals surface area contributed by atoms with Crippen LogP contribution in [0.2, 0.25) is 0 Å². The van der Waals surface area contributed by atoms with Gasteiger partial charge >= 0.3 is 0 Å². The van der Waals surface area contributed by atoms with Crippen molar-refractivity contribution >= 4 is 21.7 Å². The van der Waals surface area contributed by atoms with Crippen molar-refractivity contribution in [1.29, 1.82) is 0 Å². The van der Waals surface area contributed by atoms with Crippen LogP contribution in [0.15, 0.2) is 35.5 Å². The van der Waals surface area contributed by atoms with Gasteiger partial charge in [0.1, 0.15) is 0 Å². The van der Waals surface area contributed by atoms with Crippen molar-refractivity contribution in [2.45, 2.75) is 11.8 Å². The Morgan fingerprint density at radius 2 is 1.96 bits per heavy atom. The summed E-state index contributed by atoms with van der Waals surface area (Å²) in [6, 6.07) is 3.47. The minimum Gasteiger partial charge on any atom is -0.491 e. The highest BCUT2D eigenvalue weighted by atomic mass is 32.2. The molecule has 0 saturated carbocycles. The van der Waals surface area contributed by atoms with E-state index in [-0.39, 0.29) is 22.9 Å². The number of morpholine rings is 1. The first-order valence-corrected chi connectivity index (χ1v) is 9.58. The van der Waals surface area contributed by atoms with Crippen molar-refractivity contribution in [2.75, 3.05) is 42.5 Å². The number of aromatic nitrogens is 2. The number of benzene rings is 1. The van der Waals surface area contributed by atoms with Crippen LogP contribution in [0, 0.1) is 5.82 Å². The first-order chi connectivity index (χ1) is 12.5. The number of sulfonamides is 1. The molecular weight excluding hydrogens is 363 g/mol. The molecule has 2 aromatic rings. The molecule has 140 valence electrons. The molecule has 0 bridgehead atoms. The van der Waals surface area contributed by atoms with Gasteiger partial charge in [-0.1, -0.05) is 0 Å². The molecular formula is C16H19FN4O4S. The highest BCUT2D eigenvalue weighted by molar-refractivity contribution is 7.92. The summed E-state index contributed by atoms with van der Waals surface area (Å²) >= 11 is 0. The van der Waals surface area contributed by atoms with Crippen LogP contribution in [0.1, 0.15) is 6.92 Å². The highest BCUT2D eigenvalue weighted by Crippen LogP contribution is 2.23. The van der Waals surface area contributed by atoms with Gasteiger partial charge in [-0.05, 0) is 25.1 Å². The van der Waals surface area contributed by atoms with E-state index in [9.17, 15) is 12.8 Å². The van der Waals surface area contributed by atoms with Crippen LogP contribution >= 0.6 is 0 Å². The number of rotatable bonds is 6. The molecule has 0 amide bonds. The predicted octanol–water partition coefficient (Wildman–Crippen LogP) is 1.65. The minimum atomic E-state index is -3.96. The Morgan fingerprint density at radius 3 is 2.58 bits per heavy atom. The smallest absolute Gasteiger partial charge is 0.262 e. The number of anilines is 2. The molecule has 1 aliphatic rings. The molecule has 26 heavy (non-hydrogen) atoms. The highest BCUT2D eigenvalue weighted by Gasteiger charge is 2.18. The molecule has 1 N–H and O–H groups in total. The van der Waals surface area contributed by atoms with E-state index in [0.717, 1.165) is 6.07 Å². The van der Waals surface area contributed by atoms with Crippen LogP contribution < -0.4 is 14.4 Å². The maximum atomic E-state index is 13.9. The monoisotopic (exact) mass is 382 g/mol. The normalized spacial score (nSPS) is 14.9. The van der Waals surface area contributed by atoms with E-state index in [4.69, 9.17) is 9.47 Å². The van der Waals surface area contributed by atoms with E-state index in [1.54, 1.807) is 6.92 Å². The number of nitrogens with zero attached hydrogens (tertiary/aromatic N) is 3. The second kappa shape index (κ2) is 7.83. The van der Waals surface area contributed by atoms with Gasteiger partial charge in [-0.25, -0.2) is 22.8 Å². The zero-order valence-corrected chi connectivity index (χ0v) is 15.0. The second-order valence-corrected chi connectivity index (χ2v) is 7.18. The predicted molar refractivity (Wildman–Crippen MR) is 93.4 cm³/mol. The first kappa shape index (κ1) is 18.3. The molecule has 2 heterocycles. The third kappa shape index (κ3) is 4.20. The van der Waals surface area contributed by atoms with Crippen molar-refractivity contribution < 1.29 is 22.3 Å². The summed E-state index contributed by atoms with van der Waals surface area (Å²) in [5.41, 5.74) is 0.191. The van der Waals surface area contributed by atoms with Gasteiger partial charge in [0.25, 0.3) is 10.0 Å². The van der Waals surface area contributed by atoms with Crippen molar-refractivity contribution in [1.82, 2.24) is 9.97 Å². The molecule has 1 aromatic carbocycles. The summed E-state index contributed by atoms with van der Waals surface area (Å²) in [5.74, 6) is -0.235. The van der Waals surface area contributed by atoms with Gasteiger partial charge in [-0.15, -0.1) is 0 Å². The molecule has 1 aliphatic heterocycles. The second-order valence-electron chi connectivity index (χ2n) is 5.50. The molecule has 1 fully saturated rings. The maximum Gasteiger partial charge on any atom is 0.262 e. The minimum absolute atomic E-state index is 0.00430. The average molecular weight is 382 g/mol. The summed E-state index contributed by atoms with van der Waals surface area (Å²) in [7, 11) is -3.96.